The second kappa shape index (κ2) is 4.33. The Labute approximate surface area is 89.4 Å². The number of hydrogen-bond acceptors (Lipinski definition) is 3. The fourth-order valence-corrected chi connectivity index (χ4v) is 1.53. The summed E-state index contributed by atoms with van der Waals surface area (Å²) in [4.78, 5) is 0. The third-order valence-electron chi connectivity index (χ3n) is 2.70. The van der Waals surface area contributed by atoms with Gasteiger partial charge in [0.05, 0.1) is 17.7 Å². The first-order valence-corrected chi connectivity index (χ1v) is 5.21. The van der Waals surface area contributed by atoms with E-state index in [2.05, 4.69) is 11.4 Å². The molecule has 1 unspecified atom stereocenters. The molecular weight excluding hydrogens is 188 g/mol. The van der Waals surface area contributed by atoms with Crippen molar-refractivity contribution in [2.45, 2.75) is 18.9 Å². The lowest BCUT2D eigenvalue weighted by atomic mass is 10.2. The zero-order valence-corrected chi connectivity index (χ0v) is 8.48. The molecule has 78 valence electrons. The Balaban J connectivity index is 1.85. The van der Waals surface area contributed by atoms with E-state index in [1.54, 1.807) is 12.1 Å². The largest absolute Gasteiger partial charge is 0.391 e. The Kier molecular flexibility index (Phi) is 2.89. The summed E-state index contributed by atoms with van der Waals surface area (Å²) in [6.07, 6.45) is 2.06. The zero-order chi connectivity index (χ0) is 10.7. The number of nitriles is 1. The van der Waals surface area contributed by atoms with Gasteiger partial charge in [-0.25, -0.2) is 0 Å². The molecule has 3 nitrogen and oxygen atoms in total. The number of nitrogens with zero attached hydrogens (tertiary/aromatic N) is 1. The highest BCUT2D eigenvalue weighted by Gasteiger charge is 2.29. The minimum absolute atomic E-state index is 0.236. The predicted molar refractivity (Wildman–Crippen MR) is 58.4 cm³/mol. The Morgan fingerprint density at radius 1 is 1.40 bits per heavy atom. The van der Waals surface area contributed by atoms with E-state index in [9.17, 15) is 5.11 Å². The van der Waals surface area contributed by atoms with Crippen LogP contribution in [0.4, 0.5) is 5.69 Å². The van der Waals surface area contributed by atoms with Crippen LogP contribution in [0.25, 0.3) is 0 Å². The van der Waals surface area contributed by atoms with Gasteiger partial charge in [0.15, 0.2) is 0 Å². The summed E-state index contributed by atoms with van der Waals surface area (Å²) >= 11 is 0. The summed E-state index contributed by atoms with van der Waals surface area (Å²) in [6.45, 7) is 0.594. The molecule has 1 aliphatic carbocycles. The molecule has 1 fully saturated rings. The van der Waals surface area contributed by atoms with Crippen LogP contribution >= 0.6 is 0 Å². The SMILES string of the molecule is N#Cc1ccc(NCC(O)C2CC2)cc1. The number of hydrogen-bond donors (Lipinski definition) is 2. The van der Waals surface area contributed by atoms with Crippen molar-refractivity contribution in [2.24, 2.45) is 5.92 Å². The smallest absolute Gasteiger partial charge is 0.0991 e. The average Bonchev–Trinajstić information content (AvgIpc) is 3.10. The second-order valence-electron chi connectivity index (χ2n) is 3.97. The van der Waals surface area contributed by atoms with Crippen LogP contribution in [-0.4, -0.2) is 17.8 Å². The van der Waals surface area contributed by atoms with E-state index in [1.807, 2.05) is 12.1 Å². The normalized spacial score (nSPS) is 16.8. The Morgan fingerprint density at radius 3 is 2.60 bits per heavy atom. The van der Waals surface area contributed by atoms with E-state index in [1.165, 1.54) is 0 Å². The highest BCUT2D eigenvalue weighted by atomic mass is 16.3. The molecule has 0 aromatic heterocycles. The molecule has 0 spiro atoms. The van der Waals surface area contributed by atoms with Crippen molar-refractivity contribution in [3.63, 3.8) is 0 Å². The lowest BCUT2D eigenvalue weighted by molar-refractivity contribution is 0.164. The van der Waals surface area contributed by atoms with Gasteiger partial charge in [-0.15, -0.1) is 0 Å². The van der Waals surface area contributed by atoms with Crippen LogP contribution in [0.2, 0.25) is 0 Å². The van der Waals surface area contributed by atoms with Crippen molar-refractivity contribution in [1.82, 2.24) is 0 Å². The van der Waals surface area contributed by atoms with Gasteiger partial charge >= 0.3 is 0 Å². The molecule has 2 N–H and O–H groups in total. The summed E-state index contributed by atoms with van der Waals surface area (Å²) < 4.78 is 0. The maximum Gasteiger partial charge on any atom is 0.0991 e. The molecule has 15 heavy (non-hydrogen) atoms. The van der Waals surface area contributed by atoms with Crippen molar-refractivity contribution < 1.29 is 5.11 Å². The van der Waals surface area contributed by atoms with Crippen LogP contribution in [0.3, 0.4) is 0 Å². The quantitative estimate of drug-likeness (QED) is 0.782. The first kappa shape index (κ1) is 10.0. The first-order valence-electron chi connectivity index (χ1n) is 5.21. The highest BCUT2D eigenvalue weighted by molar-refractivity contribution is 5.47. The third kappa shape index (κ3) is 2.71. The second-order valence-corrected chi connectivity index (χ2v) is 3.97. The van der Waals surface area contributed by atoms with E-state index in [4.69, 9.17) is 5.26 Å². The Morgan fingerprint density at radius 2 is 2.07 bits per heavy atom. The molecule has 0 radical (unpaired) electrons. The number of aliphatic hydroxyl groups is 1. The van der Waals surface area contributed by atoms with Crippen molar-refractivity contribution in [2.75, 3.05) is 11.9 Å². The van der Waals surface area contributed by atoms with Crippen LogP contribution in [0.15, 0.2) is 24.3 Å². The van der Waals surface area contributed by atoms with Gasteiger partial charge in [-0.05, 0) is 43.0 Å². The molecule has 0 heterocycles. The van der Waals surface area contributed by atoms with Crippen molar-refractivity contribution >= 4 is 5.69 Å². The van der Waals surface area contributed by atoms with Crippen molar-refractivity contribution in [3.05, 3.63) is 29.8 Å². The van der Waals surface area contributed by atoms with Gasteiger partial charge in [0.25, 0.3) is 0 Å². The van der Waals surface area contributed by atoms with Gasteiger partial charge in [-0.1, -0.05) is 0 Å². The third-order valence-corrected chi connectivity index (χ3v) is 2.70. The lowest BCUT2D eigenvalue weighted by Gasteiger charge is -2.11. The molecule has 1 aromatic rings. The van der Waals surface area contributed by atoms with Crippen LogP contribution in [0, 0.1) is 17.2 Å². The number of rotatable bonds is 4. The maximum atomic E-state index is 9.64. The molecular formula is C12H14N2O. The predicted octanol–water partition coefficient (Wildman–Crippen LogP) is 1.74. The van der Waals surface area contributed by atoms with Gasteiger partial charge in [0.1, 0.15) is 0 Å². The minimum atomic E-state index is -0.236. The van der Waals surface area contributed by atoms with Crippen molar-refractivity contribution in [1.29, 1.82) is 5.26 Å². The van der Waals surface area contributed by atoms with E-state index >= 15 is 0 Å². The maximum absolute atomic E-state index is 9.64. The van der Waals surface area contributed by atoms with Crippen LogP contribution < -0.4 is 5.32 Å². The summed E-state index contributed by atoms with van der Waals surface area (Å²) in [7, 11) is 0. The monoisotopic (exact) mass is 202 g/mol. The molecule has 2 rings (SSSR count). The van der Waals surface area contributed by atoms with Gasteiger partial charge in [0, 0.05) is 12.2 Å². The molecule has 0 amide bonds. The molecule has 3 heteroatoms. The van der Waals surface area contributed by atoms with Gasteiger partial charge < -0.3 is 10.4 Å². The number of benzene rings is 1. The Hall–Kier alpha value is -1.53. The lowest BCUT2D eigenvalue weighted by Crippen LogP contribution is -2.21. The van der Waals surface area contributed by atoms with E-state index in [0.29, 0.717) is 18.0 Å². The van der Waals surface area contributed by atoms with Crippen LogP contribution in [-0.2, 0) is 0 Å². The fraction of sp³-hybridized carbons (Fsp3) is 0.417. The summed E-state index contributed by atoms with van der Waals surface area (Å²) in [5, 5.41) is 21.4. The molecule has 1 aromatic carbocycles. The highest BCUT2D eigenvalue weighted by Crippen LogP contribution is 2.32. The summed E-state index contributed by atoms with van der Waals surface area (Å²) in [5.41, 5.74) is 1.61. The molecule has 0 aliphatic heterocycles. The molecule has 0 bridgehead atoms. The number of nitrogens with one attached hydrogen (secondary N) is 1. The van der Waals surface area contributed by atoms with E-state index in [0.717, 1.165) is 18.5 Å². The molecule has 1 aliphatic rings. The standard InChI is InChI=1S/C12H14N2O/c13-7-9-1-5-11(6-2-9)14-8-12(15)10-3-4-10/h1-2,5-6,10,12,14-15H,3-4,8H2. The topological polar surface area (TPSA) is 56.0 Å². The number of anilines is 1. The average molecular weight is 202 g/mol. The molecule has 1 saturated carbocycles. The van der Waals surface area contributed by atoms with E-state index in [-0.39, 0.29) is 6.10 Å². The Bertz CT molecular complexity index is 362. The first-order chi connectivity index (χ1) is 7.29. The van der Waals surface area contributed by atoms with Gasteiger partial charge in [0.2, 0.25) is 0 Å². The molecule has 0 saturated heterocycles. The molecule has 1 atom stereocenters. The fourth-order valence-electron chi connectivity index (χ4n) is 1.53. The van der Waals surface area contributed by atoms with Crippen molar-refractivity contribution in [3.8, 4) is 6.07 Å². The van der Waals surface area contributed by atoms with Crippen LogP contribution in [0.5, 0.6) is 0 Å². The summed E-state index contributed by atoms with van der Waals surface area (Å²) in [6, 6.07) is 9.33. The van der Waals surface area contributed by atoms with Crippen LogP contribution in [0.1, 0.15) is 18.4 Å². The minimum Gasteiger partial charge on any atom is -0.391 e. The van der Waals surface area contributed by atoms with Gasteiger partial charge in [-0.2, -0.15) is 5.26 Å². The van der Waals surface area contributed by atoms with Gasteiger partial charge in [-0.3, -0.25) is 0 Å². The zero-order valence-electron chi connectivity index (χ0n) is 8.48. The number of aliphatic hydroxyl groups excluding tert-OH is 1. The summed E-state index contributed by atoms with van der Waals surface area (Å²) in [5.74, 6) is 0.496. The van der Waals surface area contributed by atoms with E-state index < -0.39 is 0 Å².